The average molecular weight is 484 g/mol. The van der Waals surface area contributed by atoms with Crippen molar-refractivity contribution in [2.24, 2.45) is 7.05 Å². The van der Waals surface area contributed by atoms with E-state index in [1.165, 1.54) is 4.68 Å². The molecule has 0 bridgehead atoms. The summed E-state index contributed by atoms with van der Waals surface area (Å²) in [6.07, 6.45) is 0. The first-order chi connectivity index (χ1) is 17.2. The van der Waals surface area contributed by atoms with Gasteiger partial charge in [-0.1, -0.05) is 54.6 Å². The number of para-hydroxylation sites is 1. The van der Waals surface area contributed by atoms with Gasteiger partial charge in [0.05, 0.1) is 11.4 Å². The number of rotatable bonds is 5. The predicted molar refractivity (Wildman–Crippen MR) is 136 cm³/mol. The van der Waals surface area contributed by atoms with Crippen molar-refractivity contribution in [2.45, 2.75) is 19.4 Å². The zero-order chi connectivity index (χ0) is 25.6. The number of carbonyl (C=O) groups excluding carboxylic acids is 3. The van der Waals surface area contributed by atoms with Gasteiger partial charge in [0.2, 0.25) is 5.91 Å². The molecule has 1 aliphatic rings. The van der Waals surface area contributed by atoms with Gasteiger partial charge >= 0.3 is 6.03 Å². The number of aromatic nitrogens is 2. The van der Waals surface area contributed by atoms with Crippen LogP contribution in [-0.4, -0.2) is 38.7 Å². The van der Waals surface area contributed by atoms with E-state index in [9.17, 15) is 19.2 Å². The summed E-state index contributed by atoms with van der Waals surface area (Å²) in [4.78, 5) is 52.9. The number of benzene rings is 3. The summed E-state index contributed by atoms with van der Waals surface area (Å²) >= 11 is 0. The molecule has 9 heteroatoms. The molecule has 1 aromatic heterocycles. The fourth-order valence-corrected chi connectivity index (χ4v) is 4.57. The molecule has 1 saturated heterocycles. The molecule has 2 N–H and O–H groups in total. The van der Waals surface area contributed by atoms with E-state index in [-0.39, 0.29) is 5.69 Å². The molecule has 1 aliphatic heterocycles. The summed E-state index contributed by atoms with van der Waals surface area (Å²) in [6.45, 7) is 2.81. The van der Waals surface area contributed by atoms with E-state index in [1.807, 2.05) is 54.6 Å². The minimum absolute atomic E-state index is 0.0932. The second-order valence-electron chi connectivity index (χ2n) is 8.99. The van der Waals surface area contributed by atoms with Gasteiger partial charge in [-0.25, -0.2) is 9.48 Å². The lowest BCUT2D eigenvalue weighted by Crippen LogP contribution is -2.42. The number of fused-ring (bicyclic) bond motifs is 1. The molecule has 0 saturated carbocycles. The van der Waals surface area contributed by atoms with Gasteiger partial charge in [-0.3, -0.25) is 24.0 Å². The fraction of sp³-hybridized carbons (Fsp3) is 0.185. The molecular formula is C27H25N5O4. The smallest absolute Gasteiger partial charge is 0.319 e. The van der Waals surface area contributed by atoms with Gasteiger partial charge in [0.15, 0.2) is 0 Å². The zero-order valence-electron chi connectivity index (χ0n) is 20.1. The molecule has 0 spiro atoms. The van der Waals surface area contributed by atoms with Crippen LogP contribution in [0, 0.1) is 6.92 Å². The lowest BCUT2D eigenvalue weighted by molar-refractivity contribution is -0.133. The molecule has 2 heterocycles. The molecule has 4 amide bonds. The number of urea groups is 1. The number of hydrogen-bond donors (Lipinski definition) is 2. The first-order valence-corrected chi connectivity index (χ1v) is 11.5. The Balaban J connectivity index is 1.38. The van der Waals surface area contributed by atoms with Crippen molar-refractivity contribution in [3.8, 4) is 5.69 Å². The van der Waals surface area contributed by atoms with Crippen LogP contribution >= 0.6 is 0 Å². The van der Waals surface area contributed by atoms with Gasteiger partial charge in [0.1, 0.15) is 17.8 Å². The van der Waals surface area contributed by atoms with Gasteiger partial charge in [0.25, 0.3) is 11.5 Å². The first kappa shape index (κ1) is 23.1. The Morgan fingerprint density at radius 3 is 2.33 bits per heavy atom. The van der Waals surface area contributed by atoms with Crippen molar-refractivity contribution in [3.05, 3.63) is 94.4 Å². The van der Waals surface area contributed by atoms with Crippen molar-refractivity contribution < 1.29 is 14.4 Å². The predicted octanol–water partition coefficient (Wildman–Crippen LogP) is 3.04. The molecule has 9 nitrogen and oxygen atoms in total. The van der Waals surface area contributed by atoms with Crippen LogP contribution in [-0.2, 0) is 22.2 Å². The average Bonchev–Trinajstić information content (AvgIpc) is 3.23. The summed E-state index contributed by atoms with van der Waals surface area (Å²) in [5.74, 6) is -1.18. The van der Waals surface area contributed by atoms with Crippen LogP contribution in [0.25, 0.3) is 16.5 Å². The summed E-state index contributed by atoms with van der Waals surface area (Å²) in [6, 6.07) is 21.6. The molecule has 4 aromatic rings. The third-order valence-corrected chi connectivity index (χ3v) is 6.72. The number of nitrogens with zero attached hydrogens (tertiary/aromatic N) is 3. The maximum atomic E-state index is 13.3. The Kier molecular flexibility index (Phi) is 5.47. The highest BCUT2D eigenvalue weighted by molar-refractivity contribution is 6.10. The van der Waals surface area contributed by atoms with Crippen LogP contribution in [0.4, 0.5) is 10.5 Å². The SMILES string of the molecule is Cc1c(NC(=O)CN2C(=O)N[C@](C)(c3ccc4ccccc4c3)C2=O)c(=O)n(-c2ccccc2)n1C. The summed E-state index contributed by atoms with van der Waals surface area (Å²) in [5, 5.41) is 7.27. The Labute approximate surface area is 206 Å². The monoisotopic (exact) mass is 483 g/mol. The number of hydrogen-bond acceptors (Lipinski definition) is 4. The normalized spacial score (nSPS) is 17.5. The Morgan fingerprint density at radius 2 is 1.61 bits per heavy atom. The van der Waals surface area contributed by atoms with Gasteiger partial charge in [-0.15, -0.1) is 0 Å². The number of amides is 4. The topological polar surface area (TPSA) is 105 Å². The van der Waals surface area contributed by atoms with Crippen molar-refractivity contribution in [3.63, 3.8) is 0 Å². The second-order valence-corrected chi connectivity index (χ2v) is 8.99. The van der Waals surface area contributed by atoms with E-state index < -0.39 is 35.5 Å². The molecule has 182 valence electrons. The van der Waals surface area contributed by atoms with E-state index in [4.69, 9.17) is 0 Å². The van der Waals surface area contributed by atoms with Gasteiger partial charge in [-0.05, 0) is 48.4 Å². The highest BCUT2D eigenvalue weighted by Gasteiger charge is 2.49. The highest BCUT2D eigenvalue weighted by Crippen LogP contribution is 2.31. The van der Waals surface area contributed by atoms with Crippen molar-refractivity contribution >= 4 is 34.3 Å². The van der Waals surface area contributed by atoms with Gasteiger partial charge in [0, 0.05) is 7.05 Å². The standard InChI is InChI=1S/C27H25N5O4/c1-17-23(24(34)32(30(17)3)21-11-5-4-6-12-21)28-22(33)16-31-25(35)27(2,29-26(31)36)20-14-13-18-9-7-8-10-19(18)15-20/h4-15H,16H2,1-3H3,(H,28,33)(H,29,36)/t27-/m1/s1. The molecule has 5 rings (SSSR count). The van der Waals surface area contributed by atoms with Crippen LogP contribution in [0.2, 0.25) is 0 Å². The van der Waals surface area contributed by atoms with Crippen LogP contribution < -0.4 is 16.2 Å². The molecule has 0 unspecified atom stereocenters. The fourth-order valence-electron chi connectivity index (χ4n) is 4.57. The number of carbonyl (C=O) groups is 3. The molecular weight excluding hydrogens is 458 g/mol. The maximum Gasteiger partial charge on any atom is 0.325 e. The summed E-state index contributed by atoms with van der Waals surface area (Å²) in [5.41, 5.74) is 0.171. The van der Waals surface area contributed by atoms with E-state index in [0.29, 0.717) is 16.9 Å². The van der Waals surface area contributed by atoms with Gasteiger partial charge in [-0.2, -0.15) is 0 Å². The second kappa shape index (κ2) is 8.53. The lowest BCUT2D eigenvalue weighted by Gasteiger charge is -2.22. The Bertz CT molecular complexity index is 1590. The van der Waals surface area contributed by atoms with E-state index >= 15 is 0 Å². The molecule has 0 aliphatic carbocycles. The summed E-state index contributed by atoms with van der Waals surface area (Å²) in [7, 11) is 1.71. The summed E-state index contributed by atoms with van der Waals surface area (Å²) < 4.78 is 3.08. The lowest BCUT2D eigenvalue weighted by atomic mass is 9.90. The maximum absolute atomic E-state index is 13.3. The molecule has 1 fully saturated rings. The van der Waals surface area contributed by atoms with Crippen LogP contribution in [0.5, 0.6) is 0 Å². The first-order valence-electron chi connectivity index (χ1n) is 11.5. The Hall–Kier alpha value is -4.66. The van der Waals surface area contributed by atoms with E-state index in [0.717, 1.165) is 15.7 Å². The zero-order valence-corrected chi connectivity index (χ0v) is 20.1. The quantitative estimate of drug-likeness (QED) is 0.426. The third kappa shape index (κ3) is 3.65. The minimum atomic E-state index is -1.32. The van der Waals surface area contributed by atoms with Crippen LogP contribution in [0.3, 0.4) is 0 Å². The van der Waals surface area contributed by atoms with Crippen molar-refractivity contribution in [1.82, 2.24) is 19.6 Å². The number of imide groups is 1. The van der Waals surface area contributed by atoms with Crippen molar-refractivity contribution in [2.75, 3.05) is 11.9 Å². The van der Waals surface area contributed by atoms with Crippen molar-refractivity contribution in [1.29, 1.82) is 0 Å². The van der Waals surface area contributed by atoms with Gasteiger partial charge < -0.3 is 10.6 Å². The number of nitrogens with one attached hydrogen (secondary N) is 2. The molecule has 0 radical (unpaired) electrons. The minimum Gasteiger partial charge on any atom is -0.319 e. The molecule has 36 heavy (non-hydrogen) atoms. The molecule has 3 aromatic carbocycles. The molecule has 1 atom stereocenters. The van der Waals surface area contributed by atoms with E-state index in [2.05, 4.69) is 10.6 Å². The highest BCUT2D eigenvalue weighted by atomic mass is 16.2. The Morgan fingerprint density at radius 1 is 0.944 bits per heavy atom. The third-order valence-electron chi connectivity index (χ3n) is 6.72. The van der Waals surface area contributed by atoms with Crippen LogP contribution in [0.1, 0.15) is 18.2 Å². The number of anilines is 1. The largest absolute Gasteiger partial charge is 0.325 e. The van der Waals surface area contributed by atoms with E-state index in [1.54, 1.807) is 43.8 Å². The van der Waals surface area contributed by atoms with Crippen LogP contribution in [0.15, 0.2) is 77.6 Å².